The van der Waals surface area contributed by atoms with Crippen LogP contribution in [0.1, 0.15) is 26.7 Å². The van der Waals surface area contributed by atoms with E-state index in [2.05, 4.69) is 28.5 Å². The highest BCUT2D eigenvalue weighted by Gasteiger charge is 2.43. The van der Waals surface area contributed by atoms with Crippen LogP contribution < -0.4 is 10.6 Å². The summed E-state index contributed by atoms with van der Waals surface area (Å²) in [6.45, 7) is 7.09. The molecule has 2 atom stereocenters. The second-order valence-corrected chi connectivity index (χ2v) is 5.66. The van der Waals surface area contributed by atoms with E-state index in [1.54, 1.807) is 0 Å². The first-order valence-corrected chi connectivity index (χ1v) is 6.72. The van der Waals surface area contributed by atoms with Crippen molar-refractivity contribution in [1.29, 1.82) is 5.26 Å². The van der Waals surface area contributed by atoms with Crippen LogP contribution in [-0.4, -0.2) is 48.6 Å². The second-order valence-electron chi connectivity index (χ2n) is 5.66. The van der Waals surface area contributed by atoms with Crippen LogP contribution >= 0.6 is 0 Å². The molecule has 2 aliphatic rings. The predicted molar refractivity (Wildman–Crippen MR) is 68.8 cm³/mol. The quantitative estimate of drug-likeness (QED) is 0.742. The van der Waals surface area contributed by atoms with Crippen LogP contribution in [0.3, 0.4) is 0 Å². The van der Waals surface area contributed by atoms with E-state index >= 15 is 0 Å². The molecule has 0 bridgehead atoms. The molecule has 1 saturated carbocycles. The Hall–Kier alpha value is -1.12. The summed E-state index contributed by atoms with van der Waals surface area (Å²) in [7, 11) is 0. The molecular formula is C13H22N4O. The first kappa shape index (κ1) is 13.3. The SMILES string of the molecule is C[C@H]1CNCCN1CC(=O)NC(C)(C#N)C1CC1. The van der Waals surface area contributed by atoms with Gasteiger partial charge in [-0.1, -0.05) is 0 Å². The Balaban J connectivity index is 1.86. The lowest BCUT2D eigenvalue weighted by Gasteiger charge is -2.34. The maximum absolute atomic E-state index is 12.0. The van der Waals surface area contributed by atoms with Gasteiger partial charge in [-0.2, -0.15) is 5.26 Å². The molecule has 0 radical (unpaired) electrons. The summed E-state index contributed by atoms with van der Waals surface area (Å²) in [5, 5.41) is 15.4. The van der Waals surface area contributed by atoms with Gasteiger partial charge in [-0.3, -0.25) is 9.69 Å². The summed E-state index contributed by atoms with van der Waals surface area (Å²) in [6, 6.07) is 2.63. The van der Waals surface area contributed by atoms with Crippen molar-refractivity contribution < 1.29 is 4.79 Å². The van der Waals surface area contributed by atoms with Crippen LogP contribution in [0, 0.1) is 17.2 Å². The average molecular weight is 250 g/mol. The van der Waals surface area contributed by atoms with Crippen LogP contribution in [-0.2, 0) is 4.79 Å². The number of nitriles is 1. The first-order valence-electron chi connectivity index (χ1n) is 6.72. The van der Waals surface area contributed by atoms with Crippen molar-refractivity contribution in [3.8, 4) is 6.07 Å². The number of nitrogens with zero attached hydrogens (tertiary/aromatic N) is 2. The normalized spacial score (nSPS) is 28.2. The van der Waals surface area contributed by atoms with Crippen LogP contribution in [0.5, 0.6) is 0 Å². The minimum absolute atomic E-state index is 0.0281. The van der Waals surface area contributed by atoms with E-state index in [0.29, 0.717) is 18.5 Å². The number of rotatable bonds is 4. The molecular weight excluding hydrogens is 228 g/mol. The fourth-order valence-corrected chi connectivity index (χ4v) is 2.51. The van der Waals surface area contributed by atoms with Gasteiger partial charge in [0, 0.05) is 25.7 Å². The molecule has 1 aliphatic heterocycles. The Morgan fingerprint density at radius 3 is 2.89 bits per heavy atom. The molecule has 0 aromatic heterocycles. The Kier molecular flexibility index (Phi) is 3.88. The molecule has 2 fully saturated rings. The molecule has 0 aromatic carbocycles. The molecule has 0 spiro atoms. The van der Waals surface area contributed by atoms with Crippen molar-refractivity contribution >= 4 is 5.91 Å². The Labute approximate surface area is 109 Å². The standard InChI is InChI=1S/C13H22N4O/c1-10-7-15-5-6-17(10)8-12(18)16-13(2,9-14)11-3-4-11/h10-11,15H,3-8H2,1-2H3,(H,16,18)/t10-,13?/m0/s1. The van der Waals surface area contributed by atoms with Gasteiger partial charge in [0.05, 0.1) is 12.6 Å². The van der Waals surface area contributed by atoms with Gasteiger partial charge in [0.2, 0.25) is 5.91 Å². The number of amides is 1. The zero-order chi connectivity index (χ0) is 13.2. The van der Waals surface area contributed by atoms with Gasteiger partial charge < -0.3 is 10.6 Å². The lowest BCUT2D eigenvalue weighted by atomic mass is 9.98. The number of hydrogen-bond donors (Lipinski definition) is 2. The zero-order valence-electron chi connectivity index (χ0n) is 11.2. The smallest absolute Gasteiger partial charge is 0.235 e. The van der Waals surface area contributed by atoms with Crippen LogP contribution in [0.4, 0.5) is 0 Å². The van der Waals surface area contributed by atoms with Crippen molar-refractivity contribution in [1.82, 2.24) is 15.5 Å². The molecule has 1 aliphatic carbocycles. The first-order chi connectivity index (χ1) is 8.55. The van der Waals surface area contributed by atoms with Crippen molar-refractivity contribution in [2.24, 2.45) is 5.92 Å². The number of nitrogens with one attached hydrogen (secondary N) is 2. The topological polar surface area (TPSA) is 68.2 Å². The predicted octanol–water partition coefficient (Wildman–Crippen LogP) is 0.0886. The van der Waals surface area contributed by atoms with E-state index in [4.69, 9.17) is 0 Å². The molecule has 0 aromatic rings. The third kappa shape index (κ3) is 3.01. The Morgan fingerprint density at radius 1 is 1.61 bits per heavy atom. The molecule has 2 rings (SSSR count). The molecule has 2 N–H and O–H groups in total. The van der Waals surface area contributed by atoms with Crippen molar-refractivity contribution in [2.45, 2.75) is 38.3 Å². The van der Waals surface area contributed by atoms with Gasteiger partial charge >= 0.3 is 0 Å². The average Bonchev–Trinajstić information content (AvgIpc) is 3.16. The lowest BCUT2D eigenvalue weighted by Crippen LogP contribution is -2.55. The van der Waals surface area contributed by atoms with E-state index < -0.39 is 5.54 Å². The van der Waals surface area contributed by atoms with Crippen LogP contribution in [0.2, 0.25) is 0 Å². The van der Waals surface area contributed by atoms with Crippen molar-refractivity contribution in [2.75, 3.05) is 26.2 Å². The molecule has 5 nitrogen and oxygen atoms in total. The van der Waals surface area contributed by atoms with Crippen LogP contribution in [0.25, 0.3) is 0 Å². The molecule has 1 amide bonds. The fourth-order valence-electron chi connectivity index (χ4n) is 2.51. The minimum atomic E-state index is -0.672. The highest BCUT2D eigenvalue weighted by atomic mass is 16.2. The van der Waals surface area contributed by atoms with Crippen molar-refractivity contribution in [3.05, 3.63) is 0 Å². The van der Waals surface area contributed by atoms with Gasteiger partial charge in [0.25, 0.3) is 0 Å². The molecule has 1 unspecified atom stereocenters. The largest absolute Gasteiger partial charge is 0.337 e. The van der Waals surface area contributed by atoms with Gasteiger partial charge in [-0.25, -0.2) is 0 Å². The van der Waals surface area contributed by atoms with Gasteiger partial charge in [-0.15, -0.1) is 0 Å². The third-order valence-corrected chi connectivity index (χ3v) is 4.01. The summed E-state index contributed by atoms with van der Waals surface area (Å²) in [5.41, 5.74) is -0.672. The molecule has 100 valence electrons. The number of piperazine rings is 1. The lowest BCUT2D eigenvalue weighted by molar-refractivity contribution is -0.124. The molecule has 18 heavy (non-hydrogen) atoms. The summed E-state index contributed by atoms with van der Waals surface area (Å²) in [4.78, 5) is 14.2. The maximum atomic E-state index is 12.0. The second kappa shape index (κ2) is 5.25. The van der Waals surface area contributed by atoms with E-state index in [-0.39, 0.29) is 5.91 Å². The number of hydrogen-bond acceptors (Lipinski definition) is 4. The maximum Gasteiger partial charge on any atom is 0.235 e. The number of carbonyl (C=O) groups is 1. The van der Waals surface area contributed by atoms with Gasteiger partial charge in [-0.05, 0) is 32.6 Å². The van der Waals surface area contributed by atoms with E-state index in [0.717, 1.165) is 32.5 Å². The highest BCUT2D eigenvalue weighted by Crippen LogP contribution is 2.39. The summed E-state index contributed by atoms with van der Waals surface area (Å²) >= 11 is 0. The van der Waals surface area contributed by atoms with Gasteiger partial charge in [0.15, 0.2) is 0 Å². The fraction of sp³-hybridized carbons (Fsp3) is 0.846. The molecule has 5 heteroatoms. The summed E-state index contributed by atoms with van der Waals surface area (Å²) < 4.78 is 0. The number of carbonyl (C=O) groups excluding carboxylic acids is 1. The minimum Gasteiger partial charge on any atom is -0.337 e. The van der Waals surface area contributed by atoms with Crippen LogP contribution in [0.15, 0.2) is 0 Å². The monoisotopic (exact) mass is 250 g/mol. The highest BCUT2D eigenvalue weighted by molar-refractivity contribution is 5.79. The summed E-state index contributed by atoms with van der Waals surface area (Å²) in [5.74, 6) is 0.312. The van der Waals surface area contributed by atoms with E-state index in [9.17, 15) is 10.1 Å². The van der Waals surface area contributed by atoms with Crippen molar-refractivity contribution in [3.63, 3.8) is 0 Å². The Bertz CT molecular complexity index is 360. The Morgan fingerprint density at radius 2 is 2.33 bits per heavy atom. The third-order valence-electron chi connectivity index (χ3n) is 4.01. The van der Waals surface area contributed by atoms with E-state index in [1.165, 1.54) is 0 Å². The summed E-state index contributed by atoms with van der Waals surface area (Å²) in [6.07, 6.45) is 2.10. The molecule has 1 heterocycles. The van der Waals surface area contributed by atoms with E-state index in [1.807, 2.05) is 6.92 Å². The van der Waals surface area contributed by atoms with Gasteiger partial charge in [0.1, 0.15) is 5.54 Å². The zero-order valence-corrected chi connectivity index (χ0v) is 11.2. The molecule has 1 saturated heterocycles.